The molecule has 1 N–H and O–H groups in total. The van der Waals surface area contributed by atoms with Gasteiger partial charge in [-0.2, -0.15) is 0 Å². The van der Waals surface area contributed by atoms with E-state index in [1.54, 1.807) is 13.8 Å². The Bertz CT molecular complexity index is 424. The Morgan fingerprint density at radius 1 is 1.41 bits per heavy atom. The third-order valence-corrected chi connectivity index (χ3v) is 2.85. The van der Waals surface area contributed by atoms with Crippen molar-refractivity contribution < 1.29 is 23.4 Å². The van der Waals surface area contributed by atoms with E-state index in [2.05, 4.69) is 0 Å². The van der Waals surface area contributed by atoms with E-state index in [1.165, 1.54) is 24.3 Å². The first-order chi connectivity index (χ1) is 7.83. The summed E-state index contributed by atoms with van der Waals surface area (Å²) in [6.45, 7) is 3.12. The summed E-state index contributed by atoms with van der Waals surface area (Å²) in [7, 11) is 0. The lowest BCUT2D eigenvalue weighted by atomic mass is 9.95. The van der Waals surface area contributed by atoms with Crippen LogP contribution in [0.15, 0.2) is 29.2 Å². The average Bonchev–Trinajstić information content (AvgIpc) is 2.27. The standard InChI is InChI=1S/C11H14O5S/c1-11(2,10(12)13)7-16-8-3-5-9(6-4-8)17(14)15/h3-6H,7H2,1-2H3,(H,12,13)(H,14,15)/p-1. The molecule has 94 valence electrons. The third-order valence-electron chi connectivity index (χ3n) is 2.19. The normalized spacial score (nSPS) is 13.1. The zero-order valence-electron chi connectivity index (χ0n) is 9.50. The molecule has 1 atom stereocenters. The number of carboxylic acids is 1. The fraction of sp³-hybridized carbons (Fsp3) is 0.364. The predicted octanol–water partition coefficient (Wildman–Crippen LogP) is 1.41. The van der Waals surface area contributed by atoms with Crippen molar-refractivity contribution >= 4 is 17.0 Å². The lowest BCUT2D eigenvalue weighted by Crippen LogP contribution is -2.30. The van der Waals surface area contributed by atoms with Gasteiger partial charge < -0.3 is 14.4 Å². The molecule has 17 heavy (non-hydrogen) atoms. The Kier molecular flexibility index (Phi) is 4.25. The van der Waals surface area contributed by atoms with Crippen LogP contribution in [0.1, 0.15) is 13.8 Å². The summed E-state index contributed by atoms with van der Waals surface area (Å²) in [4.78, 5) is 11.0. The van der Waals surface area contributed by atoms with E-state index < -0.39 is 22.5 Å². The van der Waals surface area contributed by atoms with Crippen LogP contribution in [0, 0.1) is 5.41 Å². The molecule has 0 aliphatic heterocycles. The van der Waals surface area contributed by atoms with Gasteiger partial charge in [-0.25, -0.2) is 0 Å². The van der Waals surface area contributed by atoms with Gasteiger partial charge in [-0.3, -0.25) is 9.00 Å². The number of ether oxygens (including phenoxy) is 1. The minimum atomic E-state index is -2.27. The Balaban J connectivity index is 2.65. The molecule has 6 heteroatoms. The fourth-order valence-electron chi connectivity index (χ4n) is 0.972. The maximum atomic E-state index is 10.8. The number of carbonyl (C=O) groups is 1. The molecule has 0 heterocycles. The zero-order chi connectivity index (χ0) is 13.1. The molecule has 1 unspecified atom stereocenters. The Morgan fingerprint density at radius 2 is 1.94 bits per heavy atom. The number of aliphatic carboxylic acids is 1. The van der Waals surface area contributed by atoms with Gasteiger partial charge in [0, 0.05) is 4.90 Å². The summed E-state index contributed by atoms with van der Waals surface area (Å²) >= 11 is -2.27. The molecule has 0 saturated carbocycles. The van der Waals surface area contributed by atoms with E-state index >= 15 is 0 Å². The molecule has 0 aliphatic carbocycles. The monoisotopic (exact) mass is 257 g/mol. The Morgan fingerprint density at radius 3 is 2.35 bits per heavy atom. The van der Waals surface area contributed by atoms with Crippen LogP contribution in [0.5, 0.6) is 5.75 Å². The van der Waals surface area contributed by atoms with Crippen LogP contribution < -0.4 is 4.74 Å². The van der Waals surface area contributed by atoms with Gasteiger partial charge in [-0.05, 0) is 49.2 Å². The van der Waals surface area contributed by atoms with Gasteiger partial charge >= 0.3 is 5.97 Å². The van der Waals surface area contributed by atoms with Gasteiger partial charge in [0.05, 0.1) is 5.41 Å². The summed E-state index contributed by atoms with van der Waals surface area (Å²) in [5.41, 5.74) is -0.986. The number of rotatable bonds is 5. The molecule has 0 aliphatic rings. The van der Waals surface area contributed by atoms with E-state index in [1.807, 2.05) is 0 Å². The molecule has 0 aromatic heterocycles. The molecule has 1 rings (SSSR count). The van der Waals surface area contributed by atoms with E-state index in [0.717, 1.165) is 0 Å². The number of hydrogen-bond acceptors (Lipinski definition) is 4. The molecule has 0 amide bonds. The predicted molar refractivity (Wildman–Crippen MR) is 60.5 cm³/mol. The highest BCUT2D eigenvalue weighted by atomic mass is 32.2. The van der Waals surface area contributed by atoms with Gasteiger partial charge in [0.15, 0.2) is 0 Å². The first-order valence-corrected chi connectivity index (χ1v) is 5.96. The molecular weight excluding hydrogens is 244 g/mol. The molecule has 5 nitrogen and oxygen atoms in total. The van der Waals surface area contributed by atoms with Crippen LogP contribution in [0.25, 0.3) is 0 Å². The van der Waals surface area contributed by atoms with Gasteiger partial charge in [-0.1, -0.05) is 0 Å². The highest BCUT2D eigenvalue weighted by Gasteiger charge is 2.28. The van der Waals surface area contributed by atoms with E-state index in [9.17, 15) is 13.6 Å². The van der Waals surface area contributed by atoms with Crippen molar-refractivity contribution in [1.29, 1.82) is 0 Å². The minimum absolute atomic E-state index is 0.0160. The SMILES string of the molecule is CC(C)(COc1ccc(S(=O)[O-])cc1)C(=O)O. The van der Waals surface area contributed by atoms with E-state index in [-0.39, 0.29) is 11.5 Å². The molecule has 0 bridgehead atoms. The van der Waals surface area contributed by atoms with Crippen LogP contribution in [0.4, 0.5) is 0 Å². The van der Waals surface area contributed by atoms with Crippen LogP contribution in [-0.2, 0) is 15.9 Å². The summed E-state index contributed by atoms with van der Waals surface area (Å²) in [5, 5.41) is 8.87. The lowest BCUT2D eigenvalue weighted by molar-refractivity contribution is -0.148. The maximum Gasteiger partial charge on any atom is 0.312 e. The molecule has 0 saturated heterocycles. The number of benzene rings is 1. The highest BCUT2D eigenvalue weighted by molar-refractivity contribution is 7.79. The molecule has 1 aromatic carbocycles. The van der Waals surface area contributed by atoms with Crippen molar-refractivity contribution in [1.82, 2.24) is 0 Å². The fourth-order valence-corrected chi connectivity index (χ4v) is 1.33. The summed E-state index contributed by atoms with van der Waals surface area (Å²) in [6.07, 6.45) is 0. The van der Waals surface area contributed by atoms with E-state index in [4.69, 9.17) is 9.84 Å². The van der Waals surface area contributed by atoms with Gasteiger partial charge in [-0.15, -0.1) is 0 Å². The van der Waals surface area contributed by atoms with Crippen LogP contribution >= 0.6 is 0 Å². The first-order valence-electron chi connectivity index (χ1n) is 4.88. The number of hydrogen-bond donors (Lipinski definition) is 1. The second-order valence-electron chi connectivity index (χ2n) is 4.18. The topological polar surface area (TPSA) is 86.7 Å². The number of carboxylic acid groups (broad SMARTS) is 1. The molecular formula is C11H13O5S-. The van der Waals surface area contributed by atoms with Crippen molar-refractivity contribution in [3.05, 3.63) is 24.3 Å². The Hall–Kier alpha value is -1.40. The van der Waals surface area contributed by atoms with Crippen molar-refractivity contribution in [2.75, 3.05) is 6.61 Å². The van der Waals surface area contributed by atoms with Gasteiger partial charge in [0.1, 0.15) is 12.4 Å². The molecule has 0 radical (unpaired) electrons. The van der Waals surface area contributed by atoms with Crippen LogP contribution in [0.2, 0.25) is 0 Å². The average molecular weight is 257 g/mol. The Labute approximate surface area is 102 Å². The van der Waals surface area contributed by atoms with Crippen molar-refractivity contribution in [2.45, 2.75) is 18.7 Å². The third kappa shape index (κ3) is 3.83. The first kappa shape index (κ1) is 13.7. The van der Waals surface area contributed by atoms with Crippen molar-refractivity contribution in [2.24, 2.45) is 5.41 Å². The second kappa shape index (κ2) is 5.29. The molecule has 0 spiro atoms. The molecule has 1 aromatic rings. The van der Waals surface area contributed by atoms with Crippen LogP contribution in [0.3, 0.4) is 0 Å². The smallest absolute Gasteiger partial charge is 0.312 e. The molecule has 0 fully saturated rings. The summed E-state index contributed by atoms with van der Waals surface area (Å²) < 4.78 is 26.5. The zero-order valence-corrected chi connectivity index (χ0v) is 10.3. The van der Waals surface area contributed by atoms with Crippen molar-refractivity contribution in [3.8, 4) is 5.75 Å². The largest absolute Gasteiger partial charge is 0.768 e. The summed E-state index contributed by atoms with van der Waals surface area (Å²) in [6, 6.07) is 5.77. The summed E-state index contributed by atoms with van der Waals surface area (Å²) in [5.74, 6) is -0.511. The maximum absolute atomic E-state index is 10.8. The lowest BCUT2D eigenvalue weighted by Gasteiger charge is -2.19. The van der Waals surface area contributed by atoms with Gasteiger partial charge in [0.2, 0.25) is 0 Å². The highest BCUT2D eigenvalue weighted by Crippen LogP contribution is 2.19. The van der Waals surface area contributed by atoms with E-state index in [0.29, 0.717) is 5.75 Å². The van der Waals surface area contributed by atoms with Crippen LogP contribution in [-0.4, -0.2) is 26.4 Å². The minimum Gasteiger partial charge on any atom is -0.768 e. The quantitative estimate of drug-likeness (QED) is 0.806. The second-order valence-corrected chi connectivity index (χ2v) is 5.12. The van der Waals surface area contributed by atoms with Crippen molar-refractivity contribution in [3.63, 3.8) is 0 Å². The van der Waals surface area contributed by atoms with Gasteiger partial charge in [0.25, 0.3) is 0 Å².